The van der Waals surface area contributed by atoms with Crippen molar-refractivity contribution in [1.82, 2.24) is 0 Å². The maximum Gasteiger partial charge on any atom is 0.0783 e. The molecule has 0 saturated heterocycles. The smallest absolute Gasteiger partial charge is 0.0783 e. The highest BCUT2D eigenvalue weighted by Gasteiger charge is 2.11. The molecule has 140 valence electrons. The van der Waals surface area contributed by atoms with Crippen molar-refractivity contribution in [3.63, 3.8) is 0 Å². The number of thiophene rings is 3. The molecule has 0 unspecified atom stereocenters. The molecule has 0 spiro atoms. The van der Waals surface area contributed by atoms with Crippen molar-refractivity contribution in [1.29, 1.82) is 0 Å². The van der Waals surface area contributed by atoms with Crippen LogP contribution in [0.2, 0.25) is 0 Å². The van der Waals surface area contributed by atoms with Gasteiger partial charge in [-0.25, -0.2) is 0 Å². The Kier molecular flexibility index (Phi) is 6.73. The predicted molar refractivity (Wildman–Crippen MR) is 121 cm³/mol. The average Bonchev–Trinajstić information content (AvgIpc) is 3.31. The highest BCUT2D eigenvalue weighted by Crippen LogP contribution is 2.40. The van der Waals surface area contributed by atoms with Crippen molar-refractivity contribution in [3.05, 3.63) is 46.2 Å². The summed E-state index contributed by atoms with van der Waals surface area (Å²) in [5.74, 6) is 0. The normalized spacial score (nSPS) is 12.0. The van der Waals surface area contributed by atoms with Crippen LogP contribution in [0.4, 0.5) is 0 Å². The standard InChI is InChI=1S/C22H30NS3/c1-5-6-8-17-10-12-19(24-17)21-14-15-22(26-21)20-13-11-18(25-20)9-7-16-23(2,3)4/h10-15H,5-9,16H2,1-4H3/q+1. The van der Waals surface area contributed by atoms with Crippen LogP contribution in [-0.2, 0) is 12.8 Å². The molecule has 0 radical (unpaired) electrons. The van der Waals surface area contributed by atoms with E-state index >= 15 is 0 Å². The second-order valence-corrected chi connectivity index (χ2v) is 11.3. The summed E-state index contributed by atoms with van der Waals surface area (Å²) in [6, 6.07) is 13.8. The lowest BCUT2D eigenvalue weighted by Gasteiger charge is -2.23. The van der Waals surface area contributed by atoms with Gasteiger partial charge >= 0.3 is 0 Å². The zero-order valence-corrected chi connectivity index (χ0v) is 18.8. The van der Waals surface area contributed by atoms with Crippen LogP contribution in [0.1, 0.15) is 35.9 Å². The first-order chi connectivity index (χ1) is 12.4. The van der Waals surface area contributed by atoms with Crippen molar-refractivity contribution in [3.8, 4) is 19.5 Å². The van der Waals surface area contributed by atoms with Gasteiger partial charge in [-0.1, -0.05) is 13.3 Å². The monoisotopic (exact) mass is 404 g/mol. The minimum Gasteiger partial charge on any atom is -0.331 e. The van der Waals surface area contributed by atoms with Gasteiger partial charge in [-0.15, -0.1) is 34.0 Å². The Hall–Kier alpha value is -0.940. The summed E-state index contributed by atoms with van der Waals surface area (Å²) < 4.78 is 1.05. The lowest BCUT2D eigenvalue weighted by atomic mass is 10.2. The van der Waals surface area contributed by atoms with Gasteiger partial charge in [0.05, 0.1) is 27.7 Å². The van der Waals surface area contributed by atoms with Crippen LogP contribution in [0, 0.1) is 0 Å². The molecule has 0 aliphatic heterocycles. The Bertz CT molecular complexity index is 816. The SMILES string of the molecule is CCCCc1ccc(-c2ccc(-c3ccc(CCC[N+](C)(C)C)s3)s2)s1. The summed E-state index contributed by atoms with van der Waals surface area (Å²) in [5, 5.41) is 0. The molecule has 3 heterocycles. The number of hydrogen-bond donors (Lipinski definition) is 0. The van der Waals surface area contributed by atoms with Crippen LogP contribution in [0.5, 0.6) is 0 Å². The van der Waals surface area contributed by atoms with Crippen LogP contribution in [-0.4, -0.2) is 32.2 Å². The van der Waals surface area contributed by atoms with E-state index < -0.39 is 0 Å². The van der Waals surface area contributed by atoms with E-state index in [1.165, 1.54) is 67.9 Å². The van der Waals surface area contributed by atoms with E-state index in [9.17, 15) is 0 Å². The molecular formula is C22H30NS3+. The third kappa shape index (κ3) is 5.53. The Morgan fingerprint density at radius 1 is 0.654 bits per heavy atom. The number of unbranched alkanes of at least 4 members (excludes halogenated alkanes) is 1. The van der Waals surface area contributed by atoms with Gasteiger partial charge in [0, 0.05) is 35.7 Å². The van der Waals surface area contributed by atoms with E-state index in [1.807, 2.05) is 34.0 Å². The number of rotatable bonds is 9. The molecule has 4 heteroatoms. The Morgan fingerprint density at radius 3 is 1.62 bits per heavy atom. The van der Waals surface area contributed by atoms with E-state index in [0.717, 1.165) is 4.48 Å². The molecule has 3 aromatic rings. The van der Waals surface area contributed by atoms with Gasteiger partial charge in [-0.05, 0) is 55.7 Å². The molecule has 26 heavy (non-hydrogen) atoms. The predicted octanol–water partition coefficient (Wildman–Crippen LogP) is 7.19. The minimum absolute atomic E-state index is 1.05. The zero-order valence-electron chi connectivity index (χ0n) is 16.4. The molecule has 0 atom stereocenters. The Balaban J connectivity index is 1.63. The number of quaternary nitrogens is 1. The Labute approximate surface area is 170 Å². The fraction of sp³-hybridized carbons (Fsp3) is 0.455. The minimum atomic E-state index is 1.05. The molecule has 3 aromatic heterocycles. The third-order valence-corrected chi connectivity index (χ3v) is 8.21. The van der Waals surface area contributed by atoms with E-state index in [1.54, 1.807) is 0 Å². The van der Waals surface area contributed by atoms with E-state index in [-0.39, 0.29) is 0 Å². The van der Waals surface area contributed by atoms with E-state index in [4.69, 9.17) is 0 Å². The maximum atomic E-state index is 2.32. The van der Waals surface area contributed by atoms with Crippen LogP contribution in [0.3, 0.4) is 0 Å². The zero-order chi connectivity index (χ0) is 18.6. The summed E-state index contributed by atoms with van der Waals surface area (Å²) in [6.07, 6.45) is 6.24. The van der Waals surface area contributed by atoms with E-state index in [2.05, 4.69) is 64.5 Å². The quantitative estimate of drug-likeness (QED) is 0.331. The molecule has 1 nitrogen and oxygen atoms in total. The largest absolute Gasteiger partial charge is 0.331 e. The summed E-state index contributed by atoms with van der Waals surface area (Å²) in [4.78, 5) is 8.70. The molecular weight excluding hydrogens is 374 g/mol. The van der Waals surface area contributed by atoms with Crippen LogP contribution in [0.25, 0.3) is 19.5 Å². The van der Waals surface area contributed by atoms with Crippen molar-refractivity contribution in [2.45, 2.75) is 39.0 Å². The third-order valence-electron chi connectivity index (χ3n) is 4.44. The summed E-state index contributed by atoms with van der Waals surface area (Å²) in [7, 11) is 6.81. The summed E-state index contributed by atoms with van der Waals surface area (Å²) >= 11 is 5.87. The second-order valence-electron chi connectivity index (χ2n) is 7.92. The average molecular weight is 405 g/mol. The maximum absolute atomic E-state index is 2.32. The van der Waals surface area contributed by atoms with Gasteiger partial charge in [0.2, 0.25) is 0 Å². The van der Waals surface area contributed by atoms with Crippen molar-refractivity contribution >= 4 is 34.0 Å². The first-order valence-electron chi connectivity index (χ1n) is 9.53. The molecule has 0 saturated carbocycles. The number of aryl methyl sites for hydroxylation is 2. The van der Waals surface area contributed by atoms with Gasteiger partial charge < -0.3 is 4.48 Å². The Morgan fingerprint density at radius 2 is 1.12 bits per heavy atom. The van der Waals surface area contributed by atoms with Gasteiger partial charge in [0.15, 0.2) is 0 Å². The van der Waals surface area contributed by atoms with Gasteiger partial charge in [-0.3, -0.25) is 0 Å². The van der Waals surface area contributed by atoms with Crippen molar-refractivity contribution in [2.75, 3.05) is 27.7 Å². The molecule has 0 aliphatic carbocycles. The molecule has 0 aliphatic rings. The lowest BCUT2D eigenvalue weighted by molar-refractivity contribution is -0.870. The van der Waals surface area contributed by atoms with Crippen molar-refractivity contribution in [2.24, 2.45) is 0 Å². The molecule has 0 bridgehead atoms. The van der Waals surface area contributed by atoms with Gasteiger partial charge in [0.1, 0.15) is 0 Å². The summed E-state index contributed by atoms with van der Waals surface area (Å²) in [5.41, 5.74) is 0. The lowest BCUT2D eigenvalue weighted by Crippen LogP contribution is -2.35. The second kappa shape index (κ2) is 8.83. The van der Waals surface area contributed by atoms with Crippen LogP contribution < -0.4 is 0 Å². The molecule has 3 rings (SSSR count). The van der Waals surface area contributed by atoms with Gasteiger partial charge in [0.25, 0.3) is 0 Å². The fourth-order valence-corrected chi connectivity index (χ4v) is 6.26. The molecule has 0 N–H and O–H groups in total. The van der Waals surface area contributed by atoms with E-state index in [0.29, 0.717) is 0 Å². The highest BCUT2D eigenvalue weighted by molar-refractivity contribution is 7.26. The molecule has 0 fully saturated rings. The first-order valence-corrected chi connectivity index (χ1v) is 12.0. The highest BCUT2D eigenvalue weighted by atomic mass is 32.1. The molecule has 0 aromatic carbocycles. The van der Waals surface area contributed by atoms with Gasteiger partial charge in [-0.2, -0.15) is 0 Å². The van der Waals surface area contributed by atoms with Crippen LogP contribution in [0.15, 0.2) is 36.4 Å². The topological polar surface area (TPSA) is 0 Å². The summed E-state index contributed by atoms with van der Waals surface area (Å²) in [6.45, 7) is 3.49. The van der Waals surface area contributed by atoms with Crippen LogP contribution >= 0.6 is 34.0 Å². The fourth-order valence-electron chi connectivity index (χ4n) is 2.97. The molecule has 0 amide bonds. The number of hydrogen-bond acceptors (Lipinski definition) is 3. The van der Waals surface area contributed by atoms with Crippen molar-refractivity contribution < 1.29 is 4.48 Å². The number of nitrogens with zero attached hydrogens (tertiary/aromatic N) is 1. The first kappa shape index (κ1) is 19.8.